The summed E-state index contributed by atoms with van der Waals surface area (Å²) in [5, 5.41) is 2.77. The topological polar surface area (TPSA) is 64.5 Å². The van der Waals surface area contributed by atoms with Gasteiger partial charge in [0.15, 0.2) is 0 Å². The van der Waals surface area contributed by atoms with Gasteiger partial charge in [-0.3, -0.25) is 4.79 Å². The number of pyridine rings is 1. The van der Waals surface area contributed by atoms with Gasteiger partial charge in [-0.2, -0.15) is 4.98 Å². The molecule has 2 aromatic heterocycles. The van der Waals surface area contributed by atoms with Crippen LogP contribution in [0.3, 0.4) is 0 Å². The summed E-state index contributed by atoms with van der Waals surface area (Å²) in [6.45, 7) is 1.93. The van der Waals surface area contributed by atoms with Gasteiger partial charge in [-0.15, -0.1) is 11.3 Å². The van der Waals surface area contributed by atoms with Crippen LogP contribution in [0.5, 0.6) is 11.8 Å². The molecule has 2 rings (SSSR count). The smallest absolute Gasteiger partial charge is 0.259 e. The number of nitrogens with zero attached hydrogens (tertiary/aromatic N) is 3. The second-order valence-electron chi connectivity index (χ2n) is 4.37. The van der Waals surface area contributed by atoms with Gasteiger partial charge in [0, 0.05) is 24.7 Å². The number of amides is 1. The number of ether oxygens (including phenoxy) is 2. The third kappa shape index (κ3) is 3.13. The van der Waals surface area contributed by atoms with Crippen molar-refractivity contribution in [3.8, 4) is 11.8 Å². The van der Waals surface area contributed by atoms with E-state index in [1.165, 1.54) is 25.6 Å². The number of carbonyl (C=O) groups excluding carboxylic acids is 1. The molecule has 0 aromatic carbocycles. The Kier molecular flexibility index (Phi) is 4.74. The predicted molar refractivity (Wildman–Crippen MR) is 80.0 cm³/mol. The average molecular weight is 307 g/mol. The number of hydrogen-bond acceptors (Lipinski definition) is 6. The van der Waals surface area contributed by atoms with Crippen molar-refractivity contribution in [1.29, 1.82) is 0 Å². The number of thiazole rings is 1. The van der Waals surface area contributed by atoms with Crippen LogP contribution in [0.1, 0.15) is 28.3 Å². The van der Waals surface area contributed by atoms with E-state index in [0.717, 1.165) is 5.01 Å². The fraction of sp³-hybridized carbons (Fsp3) is 0.357. The third-order valence-electron chi connectivity index (χ3n) is 3.18. The first-order chi connectivity index (χ1) is 10.1. The van der Waals surface area contributed by atoms with Crippen LogP contribution in [-0.4, -0.2) is 42.0 Å². The Bertz CT molecular complexity index is 616. The van der Waals surface area contributed by atoms with Crippen molar-refractivity contribution in [3.05, 3.63) is 34.3 Å². The zero-order valence-electron chi connectivity index (χ0n) is 12.4. The first-order valence-corrected chi connectivity index (χ1v) is 7.22. The molecule has 0 saturated carbocycles. The maximum atomic E-state index is 12.6. The Morgan fingerprint density at radius 3 is 2.67 bits per heavy atom. The fourth-order valence-corrected chi connectivity index (χ4v) is 2.57. The Morgan fingerprint density at radius 1 is 1.33 bits per heavy atom. The first-order valence-electron chi connectivity index (χ1n) is 6.34. The van der Waals surface area contributed by atoms with E-state index < -0.39 is 0 Å². The number of aromatic nitrogens is 2. The molecule has 0 N–H and O–H groups in total. The van der Waals surface area contributed by atoms with E-state index in [1.807, 2.05) is 12.3 Å². The summed E-state index contributed by atoms with van der Waals surface area (Å²) in [7, 11) is 4.72. The van der Waals surface area contributed by atoms with Crippen molar-refractivity contribution in [2.45, 2.75) is 13.0 Å². The van der Waals surface area contributed by atoms with Gasteiger partial charge in [-0.1, -0.05) is 0 Å². The lowest BCUT2D eigenvalue weighted by Crippen LogP contribution is -2.30. The molecule has 0 fully saturated rings. The van der Waals surface area contributed by atoms with Gasteiger partial charge in [0.05, 0.1) is 20.3 Å². The highest BCUT2D eigenvalue weighted by molar-refractivity contribution is 7.09. The van der Waals surface area contributed by atoms with Crippen LogP contribution in [0.2, 0.25) is 0 Å². The summed E-state index contributed by atoms with van der Waals surface area (Å²) in [6, 6.07) is 3.17. The molecule has 21 heavy (non-hydrogen) atoms. The molecule has 7 heteroatoms. The minimum absolute atomic E-state index is 0.121. The molecule has 2 aromatic rings. The van der Waals surface area contributed by atoms with Crippen LogP contribution >= 0.6 is 11.3 Å². The molecular formula is C14H17N3O3S. The van der Waals surface area contributed by atoms with E-state index >= 15 is 0 Å². The maximum Gasteiger partial charge on any atom is 0.259 e. The van der Waals surface area contributed by atoms with Crippen LogP contribution in [0, 0.1) is 0 Å². The van der Waals surface area contributed by atoms with Gasteiger partial charge >= 0.3 is 0 Å². The minimum Gasteiger partial charge on any atom is -0.481 e. The molecule has 0 aliphatic heterocycles. The van der Waals surface area contributed by atoms with Gasteiger partial charge in [0.25, 0.3) is 5.91 Å². The van der Waals surface area contributed by atoms with Crippen molar-refractivity contribution < 1.29 is 14.3 Å². The molecule has 1 atom stereocenters. The molecule has 0 aliphatic carbocycles. The molecule has 1 unspecified atom stereocenters. The van der Waals surface area contributed by atoms with Crippen molar-refractivity contribution in [3.63, 3.8) is 0 Å². The lowest BCUT2D eigenvalue weighted by molar-refractivity contribution is 0.0738. The number of hydrogen-bond donors (Lipinski definition) is 0. The highest BCUT2D eigenvalue weighted by Gasteiger charge is 2.24. The lowest BCUT2D eigenvalue weighted by Gasteiger charge is -2.23. The molecule has 6 nitrogen and oxygen atoms in total. The number of rotatable bonds is 5. The minimum atomic E-state index is -0.176. The zero-order valence-corrected chi connectivity index (χ0v) is 13.2. The van der Waals surface area contributed by atoms with Gasteiger partial charge in [0.1, 0.15) is 10.6 Å². The summed E-state index contributed by atoms with van der Waals surface area (Å²) in [4.78, 5) is 22.6. The van der Waals surface area contributed by atoms with Gasteiger partial charge < -0.3 is 14.4 Å². The van der Waals surface area contributed by atoms with Gasteiger partial charge in [-0.05, 0) is 13.0 Å². The third-order valence-corrected chi connectivity index (χ3v) is 4.12. The molecule has 1 amide bonds. The highest BCUT2D eigenvalue weighted by Crippen LogP contribution is 2.26. The SMILES string of the molecule is COc1ccc(C(=O)N(C)C(C)c2nccs2)c(OC)n1. The Hall–Kier alpha value is -2.15. The number of carbonyl (C=O) groups is 1. The maximum absolute atomic E-state index is 12.6. The monoisotopic (exact) mass is 307 g/mol. The Balaban J connectivity index is 2.27. The first kappa shape index (κ1) is 15.2. The fourth-order valence-electron chi connectivity index (χ4n) is 1.83. The van der Waals surface area contributed by atoms with Crippen molar-refractivity contribution >= 4 is 17.2 Å². The standard InChI is InChI=1S/C14H17N3O3S/c1-9(13-15-7-8-21-13)17(2)14(18)10-5-6-11(19-3)16-12(10)20-4/h5-9H,1-4H3. The molecular weight excluding hydrogens is 290 g/mol. The van der Waals surface area contributed by atoms with Crippen LogP contribution in [-0.2, 0) is 0 Å². The molecule has 0 radical (unpaired) electrons. The van der Waals surface area contributed by atoms with Crippen LogP contribution in [0.4, 0.5) is 0 Å². The van der Waals surface area contributed by atoms with Crippen molar-refractivity contribution in [1.82, 2.24) is 14.9 Å². The normalized spacial score (nSPS) is 11.8. The average Bonchev–Trinajstić information content (AvgIpc) is 3.06. The quantitative estimate of drug-likeness (QED) is 0.848. The zero-order chi connectivity index (χ0) is 15.4. The van der Waals surface area contributed by atoms with E-state index in [-0.39, 0.29) is 17.8 Å². The molecule has 2 heterocycles. The van der Waals surface area contributed by atoms with E-state index in [1.54, 1.807) is 30.3 Å². The van der Waals surface area contributed by atoms with Gasteiger partial charge in [0.2, 0.25) is 11.8 Å². The second kappa shape index (κ2) is 6.53. The molecule has 0 saturated heterocycles. The summed E-state index contributed by atoms with van der Waals surface area (Å²) < 4.78 is 10.2. The Morgan fingerprint density at radius 2 is 2.10 bits per heavy atom. The predicted octanol–water partition coefficient (Wildman–Crippen LogP) is 2.39. The largest absolute Gasteiger partial charge is 0.481 e. The van der Waals surface area contributed by atoms with E-state index in [4.69, 9.17) is 9.47 Å². The van der Waals surface area contributed by atoms with Crippen LogP contribution in [0.15, 0.2) is 23.7 Å². The molecule has 0 spiro atoms. The Labute approximate surface area is 127 Å². The van der Waals surface area contributed by atoms with E-state index in [0.29, 0.717) is 11.4 Å². The van der Waals surface area contributed by atoms with Crippen molar-refractivity contribution in [2.75, 3.05) is 21.3 Å². The van der Waals surface area contributed by atoms with Crippen molar-refractivity contribution in [2.24, 2.45) is 0 Å². The van der Waals surface area contributed by atoms with Gasteiger partial charge in [-0.25, -0.2) is 4.98 Å². The summed E-state index contributed by atoms with van der Waals surface area (Å²) >= 11 is 1.52. The van der Waals surface area contributed by atoms with E-state index in [2.05, 4.69) is 9.97 Å². The molecule has 112 valence electrons. The molecule has 0 bridgehead atoms. The lowest BCUT2D eigenvalue weighted by atomic mass is 10.2. The molecule has 0 aliphatic rings. The highest BCUT2D eigenvalue weighted by atomic mass is 32.1. The summed E-state index contributed by atoms with van der Waals surface area (Å²) in [5.74, 6) is 0.473. The van der Waals surface area contributed by atoms with E-state index in [9.17, 15) is 4.79 Å². The van der Waals surface area contributed by atoms with Crippen LogP contribution in [0.25, 0.3) is 0 Å². The second-order valence-corrected chi connectivity index (χ2v) is 5.30. The summed E-state index contributed by atoms with van der Waals surface area (Å²) in [5.41, 5.74) is 0.393. The van der Waals surface area contributed by atoms with Crippen LogP contribution < -0.4 is 9.47 Å². The number of methoxy groups -OCH3 is 2. The summed E-state index contributed by atoms with van der Waals surface area (Å²) in [6.07, 6.45) is 1.73.